The first-order valence-electron chi connectivity index (χ1n) is 11.3. The van der Waals surface area contributed by atoms with E-state index < -0.39 is 0 Å². The molecule has 1 fully saturated rings. The third-order valence-electron chi connectivity index (χ3n) is 4.94. The van der Waals surface area contributed by atoms with Gasteiger partial charge < -0.3 is 25.4 Å². The minimum absolute atomic E-state index is 0.0339. The van der Waals surface area contributed by atoms with E-state index in [2.05, 4.69) is 41.1 Å². The van der Waals surface area contributed by atoms with Gasteiger partial charge in [-0.15, -0.1) is 0 Å². The van der Waals surface area contributed by atoms with Gasteiger partial charge in [-0.2, -0.15) is 0 Å². The van der Waals surface area contributed by atoms with Gasteiger partial charge in [0.2, 0.25) is 0 Å². The maximum atomic E-state index is 11.8. The van der Waals surface area contributed by atoms with Gasteiger partial charge in [-0.3, -0.25) is 4.79 Å². The van der Waals surface area contributed by atoms with Gasteiger partial charge in [0.15, 0.2) is 12.6 Å². The number of benzene rings is 2. The standard InChI is InChI=1S/C25H34N4O3/c1-4-26-25(28-16-20-10-9-18(3)13-23(20)31-5-2)27-15-19-7-6-8-22(14-19)32-17-24(30)29-21-11-12-21/h6-10,13-14,21H,4-5,11-12,15-17H2,1-3H3,(H,29,30)(H2,26,27,28). The van der Waals surface area contributed by atoms with Crippen molar-refractivity contribution >= 4 is 11.9 Å². The highest BCUT2D eigenvalue weighted by Gasteiger charge is 2.23. The molecule has 1 saturated carbocycles. The Balaban J connectivity index is 1.57. The molecule has 3 N–H and O–H groups in total. The fourth-order valence-electron chi connectivity index (χ4n) is 3.17. The maximum absolute atomic E-state index is 11.8. The van der Waals surface area contributed by atoms with E-state index in [1.807, 2.05) is 38.1 Å². The Morgan fingerprint density at radius 1 is 1.09 bits per heavy atom. The molecule has 0 atom stereocenters. The van der Waals surface area contributed by atoms with Gasteiger partial charge in [-0.1, -0.05) is 24.3 Å². The van der Waals surface area contributed by atoms with Crippen LogP contribution >= 0.6 is 0 Å². The minimum Gasteiger partial charge on any atom is -0.494 e. The zero-order valence-electron chi connectivity index (χ0n) is 19.2. The van der Waals surface area contributed by atoms with Crippen molar-refractivity contribution in [2.75, 3.05) is 19.8 Å². The summed E-state index contributed by atoms with van der Waals surface area (Å²) in [4.78, 5) is 16.5. The van der Waals surface area contributed by atoms with E-state index in [1.165, 1.54) is 5.56 Å². The van der Waals surface area contributed by atoms with Gasteiger partial charge in [0.25, 0.3) is 5.91 Å². The molecule has 0 aromatic heterocycles. The maximum Gasteiger partial charge on any atom is 0.258 e. The molecule has 172 valence electrons. The molecular formula is C25H34N4O3. The second-order valence-corrected chi connectivity index (χ2v) is 7.87. The van der Waals surface area contributed by atoms with Crippen LogP contribution in [0.2, 0.25) is 0 Å². The highest BCUT2D eigenvalue weighted by atomic mass is 16.5. The van der Waals surface area contributed by atoms with Crippen molar-refractivity contribution in [3.63, 3.8) is 0 Å². The van der Waals surface area contributed by atoms with Crippen LogP contribution in [0, 0.1) is 6.92 Å². The number of hydrogen-bond donors (Lipinski definition) is 3. The smallest absolute Gasteiger partial charge is 0.258 e. The molecule has 0 radical (unpaired) electrons. The van der Waals surface area contributed by atoms with Gasteiger partial charge in [-0.25, -0.2) is 4.99 Å². The molecule has 0 aliphatic heterocycles. The fourth-order valence-corrected chi connectivity index (χ4v) is 3.17. The van der Waals surface area contributed by atoms with Crippen LogP contribution in [0.15, 0.2) is 47.5 Å². The summed E-state index contributed by atoms with van der Waals surface area (Å²) in [6.45, 7) is 8.61. The van der Waals surface area contributed by atoms with Crippen LogP contribution in [-0.2, 0) is 17.9 Å². The number of amides is 1. The molecule has 7 heteroatoms. The van der Waals surface area contributed by atoms with Crippen molar-refractivity contribution in [3.8, 4) is 11.5 Å². The number of ether oxygens (including phenoxy) is 2. The molecule has 3 rings (SSSR count). The molecule has 7 nitrogen and oxygen atoms in total. The average molecular weight is 439 g/mol. The first kappa shape index (κ1) is 23.4. The summed E-state index contributed by atoms with van der Waals surface area (Å²) in [6.07, 6.45) is 2.14. The molecule has 2 aromatic rings. The van der Waals surface area contributed by atoms with Crippen LogP contribution in [-0.4, -0.2) is 37.7 Å². The SMILES string of the molecule is CCNC(=NCc1cccc(OCC(=O)NC2CC2)c1)NCc1ccc(C)cc1OCC. The fraction of sp³-hybridized carbons (Fsp3) is 0.440. The Hall–Kier alpha value is -3.22. The van der Waals surface area contributed by atoms with Gasteiger partial charge in [0, 0.05) is 24.7 Å². The number of aryl methyl sites for hydroxylation is 1. The van der Waals surface area contributed by atoms with Crippen molar-refractivity contribution in [1.82, 2.24) is 16.0 Å². The Morgan fingerprint density at radius 3 is 2.69 bits per heavy atom. The molecule has 1 amide bonds. The lowest BCUT2D eigenvalue weighted by Gasteiger charge is -2.15. The number of carbonyl (C=O) groups excluding carboxylic acids is 1. The largest absolute Gasteiger partial charge is 0.494 e. The van der Waals surface area contributed by atoms with E-state index in [0.717, 1.165) is 42.2 Å². The van der Waals surface area contributed by atoms with Crippen LogP contribution in [0.5, 0.6) is 11.5 Å². The van der Waals surface area contributed by atoms with Gasteiger partial charge in [-0.05, 0) is 62.9 Å². The minimum atomic E-state index is -0.0721. The third kappa shape index (κ3) is 7.80. The highest BCUT2D eigenvalue weighted by Crippen LogP contribution is 2.20. The molecule has 0 spiro atoms. The van der Waals surface area contributed by atoms with E-state index in [9.17, 15) is 4.79 Å². The summed E-state index contributed by atoms with van der Waals surface area (Å²) in [6, 6.07) is 14.3. The summed E-state index contributed by atoms with van der Waals surface area (Å²) in [5, 5.41) is 9.58. The average Bonchev–Trinajstić information content (AvgIpc) is 3.60. The summed E-state index contributed by atoms with van der Waals surface area (Å²) in [7, 11) is 0. The zero-order chi connectivity index (χ0) is 22.8. The number of guanidine groups is 1. The number of aliphatic imine (C=N–C) groups is 1. The van der Waals surface area contributed by atoms with Crippen LogP contribution in [0.25, 0.3) is 0 Å². The number of nitrogens with one attached hydrogen (secondary N) is 3. The third-order valence-corrected chi connectivity index (χ3v) is 4.94. The monoisotopic (exact) mass is 438 g/mol. The second kappa shape index (κ2) is 12.0. The lowest BCUT2D eigenvalue weighted by Crippen LogP contribution is -2.36. The van der Waals surface area contributed by atoms with Crippen LogP contribution < -0.4 is 25.4 Å². The zero-order valence-corrected chi connectivity index (χ0v) is 19.2. The second-order valence-electron chi connectivity index (χ2n) is 7.87. The molecular weight excluding hydrogens is 404 g/mol. The van der Waals surface area contributed by atoms with Crippen molar-refractivity contribution in [3.05, 3.63) is 59.2 Å². The quantitative estimate of drug-likeness (QED) is 0.370. The van der Waals surface area contributed by atoms with Crippen molar-refractivity contribution in [2.45, 2.75) is 52.7 Å². The molecule has 0 unspecified atom stereocenters. The first-order chi connectivity index (χ1) is 15.6. The van der Waals surface area contributed by atoms with E-state index in [4.69, 9.17) is 14.5 Å². The normalized spacial score (nSPS) is 13.4. The van der Waals surface area contributed by atoms with Crippen molar-refractivity contribution in [2.24, 2.45) is 4.99 Å². The first-order valence-corrected chi connectivity index (χ1v) is 11.3. The summed E-state index contributed by atoms with van der Waals surface area (Å²) in [5.41, 5.74) is 3.26. The van der Waals surface area contributed by atoms with Gasteiger partial charge in [0.1, 0.15) is 11.5 Å². The van der Waals surface area contributed by atoms with Crippen LogP contribution in [0.4, 0.5) is 0 Å². The number of carbonyl (C=O) groups is 1. The molecule has 0 saturated heterocycles. The van der Waals surface area contributed by atoms with Gasteiger partial charge in [0.05, 0.1) is 13.2 Å². The van der Waals surface area contributed by atoms with E-state index in [0.29, 0.717) is 31.5 Å². The summed E-state index contributed by atoms with van der Waals surface area (Å²) >= 11 is 0. The molecule has 1 aliphatic rings. The Labute approximate surface area is 190 Å². The van der Waals surface area contributed by atoms with Crippen molar-refractivity contribution < 1.29 is 14.3 Å². The van der Waals surface area contributed by atoms with E-state index in [-0.39, 0.29) is 12.5 Å². The molecule has 0 heterocycles. The van der Waals surface area contributed by atoms with Crippen LogP contribution in [0.1, 0.15) is 43.4 Å². The lowest BCUT2D eigenvalue weighted by molar-refractivity contribution is -0.123. The number of rotatable bonds is 11. The topological polar surface area (TPSA) is 84.0 Å². The molecule has 2 aromatic carbocycles. The van der Waals surface area contributed by atoms with Gasteiger partial charge >= 0.3 is 0 Å². The predicted molar refractivity (Wildman–Crippen MR) is 127 cm³/mol. The number of hydrogen-bond acceptors (Lipinski definition) is 4. The molecule has 1 aliphatic carbocycles. The van der Waals surface area contributed by atoms with Crippen LogP contribution in [0.3, 0.4) is 0 Å². The van der Waals surface area contributed by atoms with Crippen molar-refractivity contribution in [1.29, 1.82) is 0 Å². The predicted octanol–water partition coefficient (Wildman–Crippen LogP) is 3.31. The van der Waals surface area contributed by atoms with E-state index in [1.54, 1.807) is 0 Å². The molecule has 0 bridgehead atoms. The lowest BCUT2D eigenvalue weighted by atomic mass is 10.1. The Bertz CT molecular complexity index is 925. The molecule has 32 heavy (non-hydrogen) atoms. The van der Waals surface area contributed by atoms with E-state index >= 15 is 0 Å². The number of nitrogens with zero attached hydrogens (tertiary/aromatic N) is 1. The Kier molecular flexibility index (Phi) is 8.78. The Morgan fingerprint density at radius 2 is 1.94 bits per heavy atom. The summed E-state index contributed by atoms with van der Waals surface area (Å²) in [5.74, 6) is 2.22. The summed E-state index contributed by atoms with van der Waals surface area (Å²) < 4.78 is 11.4. The highest BCUT2D eigenvalue weighted by molar-refractivity contribution is 5.80.